The van der Waals surface area contributed by atoms with Crippen molar-refractivity contribution < 1.29 is 23.9 Å². The summed E-state index contributed by atoms with van der Waals surface area (Å²) in [7, 11) is 1.58. The lowest BCUT2D eigenvalue weighted by Crippen LogP contribution is -2.32. The lowest BCUT2D eigenvalue weighted by atomic mass is 10.2. The molecule has 0 aliphatic carbocycles. The van der Waals surface area contributed by atoms with E-state index in [4.69, 9.17) is 14.3 Å². The van der Waals surface area contributed by atoms with Gasteiger partial charge in [-0.15, -0.1) is 0 Å². The number of hydrogen-bond donors (Lipinski definition) is 2. The molecule has 0 saturated heterocycles. The molecule has 0 aliphatic rings. The lowest BCUT2D eigenvalue weighted by molar-refractivity contribution is -0.116. The highest BCUT2D eigenvalue weighted by Crippen LogP contribution is 2.15. The number of carbonyl (C=O) groups excluding carboxylic acids is 2. The number of ether oxygens (including phenoxy) is 2. The standard InChI is InChI=1S/C16H24N2O5/c1-16(2,3)23-15(20)18-22-11-5-6-14(19)17-12-7-9-13(21-4)10-8-12/h7-10H,5-6,11H2,1-4H3,(H,17,19)(H,18,20). The molecule has 0 spiro atoms. The molecule has 0 saturated carbocycles. The molecule has 0 heterocycles. The molecule has 2 amide bonds. The molecule has 1 aromatic carbocycles. The Morgan fingerprint density at radius 2 is 1.78 bits per heavy atom. The highest BCUT2D eigenvalue weighted by molar-refractivity contribution is 5.90. The second-order valence-corrected chi connectivity index (χ2v) is 5.83. The van der Waals surface area contributed by atoms with E-state index in [0.29, 0.717) is 12.1 Å². The summed E-state index contributed by atoms with van der Waals surface area (Å²) in [6.45, 7) is 5.50. The number of methoxy groups -OCH3 is 1. The third kappa shape index (κ3) is 8.67. The monoisotopic (exact) mass is 324 g/mol. The van der Waals surface area contributed by atoms with Gasteiger partial charge in [-0.2, -0.15) is 5.48 Å². The van der Waals surface area contributed by atoms with Crippen LogP contribution < -0.4 is 15.5 Å². The maximum atomic E-state index is 11.7. The quantitative estimate of drug-likeness (QED) is 0.595. The largest absolute Gasteiger partial charge is 0.497 e. The number of carbonyl (C=O) groups is 2. The summed E-state index contributed by atoms with van der Waals surface area (Å²) < 4.78 is 10.0. The molecule has 0 aromatic heterocycles. The zero-order valence-corrected chi connectivity index (χ0v) is 14.0. The van der Waals surface area contributed by atoms with Crippen molar-refractivity contribution in [2.75, 3.05) is 19.0 Å². The molecule has 0 radical (unpaired) electrons. The van der Waals surface area contributed by atoms with Gasteiger partial charge in [0.25, 0.3) is 0 Å². The summed E-state index contributed by atoms with van der Waals surface area (Å²) in [5, 5.41) is 2.76. The van der Waals surface area contributed by atoms with Gasteiger partial charge >= 0.3 is 6.09 Å². The number of amides is 2. The number of anilines is 1. The minimum Gasteiger partial charge on any atom is -0.497 e. The van der Waals surface area contributed by atoms with E-state index in [1.807, 2.05) is 0 Å². The van der Waals surface area contributed by atoms with E-state index >= 15 is 0 Å². The first-order valence-electron chi connectivity index (χ1n) is 7.35. The van der Waals surface area contributed by atoms with Gasteiger partial charge in [-0.3, -0.25) is 9.63 Å². The van der Waals surface area contributed by atoms with E-state index in [0.717, 1.165) is 5.75 Å². The maximum Gasteiger partial charge on any atom is 0.431 e. The predicted molar refractivity (Wildman–Crippen MR) is 86.2 cm³/mol. The van der Waals surface area contributed by atoms with E-state index in [-0.39, 0.29) is 18.9 Å². The summed E-state index contributed by atoms with van der Waals surface area (Å²) >= 11 is 0. The zero-order chi connectivity index (χ0) is 17.3. The van der Waals surface area contributed by atoms with Gasteiger partial charge in [-0.25, -0.2) is 4.79 Å². The van der Waals surface area contributed by atoms with Crippen LogP contribution in [0.4, 0.5) is 10.5 Å². The van der Waals surface area contributed by atoms with E-state index in [1.54, 1.807) is 52.1 Å². The van der Waals surface area contributed by atoms with Crippen LogP contribution in [-0.2, 0) is 14.4 Å². The fourth-order valence-electron chi connectivity index (χ4n) is 1.61. The van der Waals surface area contributed by atoms with Gasteiger partial charge in [0.15, 0.2) is 0 Å². The van der Waals surface area contributed by atoms with Crippen molar-refractivity contribution in [1.29, 1.82) is 0 Å². The average Bonchev–Trinajstić information content (AvgIpc) is 2.46. The Labute approximate surface area is 136 Å². The molecular formula is C16H24N2O5. The number of rotatable bonds is 7. The van der Waals surface area contributed by atoms with Gasteiger partial charge < -0.3 is 14.8 Å². The van der Waals surface area contributed by atoms with Crippen molar-refractivity contribution in [2.24, 2.45) is 0 Å². The molecular weight excluding hydrogens is 300 g/mol. The van der Waals surface area contributed by atoms with Crippen LogP contribution in [-0.4, -0.2) is 31.3 Å². The van der Waals surface area contributed by atoms with E-state index in [9.17, 15) is 9.59 Å². The molecule has 7 heteroatoms. The number of benzene rings is 1. The first-order valence-corrected chi connectivity index (χ1v) is 7.35. The number of nitrogens with one attached hydrogen (secondary N) is 2. The minimum atomic E-state index is -0.653. The molecule has 7 nitrogen and oxygen atoms in total. The summed E-state index contributed by atoms with van der Waals surface area (Å²) in [6.07, 6.45) is 0.0972. The molecule has 128 valence electrons. The lowest BCUT2D eigenvalue weighted by Gasteiger charge is -2.19. The summed E-state index contributed by atoms with van der Waals surface area (Å²) in [5.74, 6) is 0.598. The van der Waals surface area contributed by atoms with E-state index < -0.39 is 11.7 Å². The van der Waals surface area contributed by atoms with Gasteiger partial charge in [-0.05, 0) is 51.5 Å². The first-order chi connectivity index (χ1) is 10.8. The van der Waals surface area contributed by atoms with E-state index in [1.165, 1.54) is 0 Å². The molecule has 1 rings (SSSR count). The molecule has 23 heavy (non-hydrogen) atoms. The summed E-state index contributed by atoms with van der Waals surface area (Å²) in [4.78, 5) is 28.0. The van der Waals surface area contributed by atoms with Gasteiger partial charge in [0.2, 0.25) is 5.91 Å². The Bertz CT molecular complexity index is 508. The van der Waals surface area contributed by atoms with Crippen LogP contribution in [0.2, 0.25) is 0 Å². The summed E-state index contributed by atoms with van der Waals surface area (Å²) in [6, 6.07) is 7.06. The van der Waals surface area contributed by atoms with Crippen molar-refractivity contribution in [3.8, 4) is 5.75 Å². The molecule has 0 aliphatic heterocycles. The fourth-order valence-corrected chi connectivity index (χ4v) is 1.61. The van der Waals surface area contributed by atoms with Gasteiger partial charge in [-0.1, -0.05) is 0 Å². The molecule has 0 fully saturated rings. The third-order valence-electron chi connectivity index (χ3n) is 2.58. The third-order valence-corrected chi connectivity index (χ3v) is 2.58. The molecule has 0 bridgehead atoms. The van der Waals surface area contributed by atoms with Gasteiger partial charge in [0, 0.05) is 12.1 Å². The summed E-state index contributed by atoms with van der Waals surface area (Å²) in [5.41, 5.74) is 2.29. The van der Waals surface area contributed by atoms with Gasteiger partial charge in [0.1, 0.15) is 11.4 Å². The van der Waals surface area contributed by atoms with Crippen LogP contribution in [0.5, 0.6) is 5.75 Å². The van der Waals surface area contributed by atoms with Crippen molar-refractivity contribution in [1.82, 2.24) is 5.48 Å². The number of hydroxylamine groups is 1. The van der Waals surface area contributed by atoms with Crippen LogP contribution in [0.1, 0.15) is 33.6 Å². The van der Waals surface area contributed by atoms with Crippen molar-refractivity contribution >= 4 is 17.7 Å². The van der Waals surface area contributed by atoms with Crippen LogP contribution in [0, 0.1) is 0 Å². The fraction of sp³-hybridized carbons (Fsp3) is 0.500. The normalized spacial score (nSPS) is 10.8. The second-order valence-electron chi connectivity index (χ2n) is 5.83. The topological polar surface area (TPSA) is 85.9 Å². The van der Waals surface area contributed by atoms with Crippen molar-refractivity contribution in [3.63, 3.8) is 0 Å². The Morgan fingerprint density at radius 1 is 1.13 bits per heavy atom. The Kier molecular flexibility index (Phi) is 7.34. The van der Waals surface area contributed by atoms with Crippen LogP contribution >= 0.6 is 0 Å². The smallest absolute Gasteiger partial charge is 0.431 e. The Hall–Kier alpha value is -2.28. The van der Waals surface area contributed by atoms with Crippen molar-refractivity contribution in [3.05, 3.63) is 24.3 Å². The van der Waals surface area contributed by atoms with Crippen molar-refractivity contribution in [2.45, 2.75) is 39.2 Å². The average molecular weight is 324 g/mol. The zero-order valence-electron chi connectivity index (χ0n) is 14.0. The maximum absolute atomic E-state index is 11.7. The molecule has 2 N–H and O–H groups in total. The Morgan fingerprint density at radius 3 is 2.35 bits per heavy atom. The minimum absolute atomic E-state index is 0.129. The molecule has 0 atom stereocenters. The van der Waals surface area contributed by atoms with E-state index in [2.05, 4.69) is 10.8 Å². The number of hydrogen-bond acceptors (Lipinski definition) is 5. The van der Waals surface area contributed by atoms with Crippen LogP contribution in [0.25, 0.3) is 0 Å². The van der Waals surface area contributed by atoms with Crippen LogP contribution in [0.15, 0.2) is 24.3 Å². The highest BCUT2D eigenvalue weighted by Gasteiger charge is 2.15. The highest BCUT2D eigenvalue weighted by atomic mass is 16.7. The van der Waals surface area contributed by atoms with Gasteiger partial charge in [0.05, 0.1) is 13.7 Å². The predicted octanol–water partition coefficient (Wildman–Crippen LogP) is 2.87. The first kappa shape index (κ1) is 18.8. The molecule has 1 aromatic rings. The van der Waals surface area contributed by atoms with Crippen LogP contribution in [0.3, 0.4) is 0 Å². The second kappa shape index (κ2) is 8.99. The SMILES string of the molecule is COc1ccc(NC(=O)CCCONC(=O)OC(C)(C)C)cc1. The molecule has 0 unspecified atom stereocenters. The Balaban J connectivity index is 2.15.